The molecule has 1 fully saturated rings. The molecule has 140 valence electrons. The zero-order chi connectivity index (χ0) is 18.6. The Morgan fingerprint density at radius 3 is 2.35 bits per heavy atom. The highest BCUT2D eigenvalue weighted by atomic mass is 35.5. The summed E-state index contributed by atoms with van der Waals surface area (Å²) in [5.74, 6) is 0.679. The van der Waals surface area contributed by atoms with Gasteiger partial charge in [-0.05, 0) is 48.9 Å². The minimum atomic E-state index is -3.47. The smallest absolute Gasteiger partial charge is 0.243 e. The van der Waals surface area contributed by atoms with E-state index in [2.05, 4.69) is 4.90 Å². The Bertz CT molecular complexity index is 832. The van der Waals surface area contributed by atoms with E-state index >= 15 is 0 Å². The number of nitrogens with zero attached hydrogens (tertiary/aromatic N) is 2. The molecule has 3 rings (SSSR count). The van der Waals surface area contributed by atoms with Crippen LogP contribution in [-0.2, 0) is 16.6 Å². The van der Waals surface area contributed by atoms with Crippen LogP contribution in [0.4, 0.5) is 0 Å². The van der Waals surface area contributed by atoms with E-state index in [1.807, 2.05) is 31.2 Å². The average molecular weight is 395 g/mol. The molecule has 1 heterocycles. The highest BCUT2D eigenvalue weighted by Gasteiger charge is 2.28. The molecule has 0 aliphatic carbocycles. The van der Waals surface area contributed by atoms with Gasteiger partial charge in [0.05, 0.1) is 11.5 Å². The average Bonchev–Trinajstić information content (AvgIpc) is 2.63. The van der Waals surface area contributed by atoms with Crippen LogP contribution in [0.15, 0.2) is 53.4 Å². The van der Waals surface area contributed by atoms with Crippen LogP contribution in [0.25, 0.3) is 0 Å². The summed E-state index contributed by atoms with van der Waals surface area (Å²) in [6.07, 6.45) is 0. The molecule has 26 heavy (non-hydrogen) atoms. The van der Waals surface area contributed by atoms with Crippen LogP contribution < -0.4 is 4.74 Å². The molecule has 2 aromatic carbocycles. The van der Waals surface area contributed by atoms with Gasteiger partial charge in [0, 0.05) is 37.7 Å². The van der Waals surface area contributed by atoms with Crippen molar-refractivity contribution in [3.8, 4) is 5.75 Å². The summed E-state index contributed by atoms with van der Waals surface area (Å²) in [6, 6.07) is 14.4. The lowest BCUT2D eigenvalue weighted by Gasteiger charge is -2.34. The van der Waals surface area contributed by atoms with E-state index in [-0.39, 0.29) is 0 Å². The first kappa shape index (κ1) is 19.2. The highest BCUT2D eigenvalue weighted by Crippen LogP contribution is 2.21. The predicted molar refractivity (Wildman–Crippen MR) is 103 cm³/mol. The van der Waals surface area contributed by atoms with Gasteiger partial charge in [-0.15, -0.1) is 0 Å². The Kier molecular flexibility index (Phi) is 6.19. The number of hydrogen-bond donors (Lipinski definition) is 0. The molecule has 0 spiro atoms. The fourth-order valence-electron chi connectivity index (χ4n) is 3.05. The maximum absolute atomic E-state index is 12.8. The van der Waals surface area contributed by atoms with E-state index in [9.17, 15) is 8.42 Å². The van der Waals surface area contributed by atoms with Crippen molar-refractivity contribution in [1.82, 2.24) is 9.21 Å². The van der Waals surface area contributed by atoms with E-state index in [1.54, 1.807) is 28.6 Å². The van der Waals surface area contributed by atoms with Crippen LogP contribution in [0.5, 0.6) is 5.75 Å². The number of rotatable bonds is 6. The van der Waals surface area contributed by atoms with Gasteiger partial charge in [-0.25, -0.2) is 8.42 Å². The van der Waals surface area contributed by atoms with Crippen molar-refractivity contribution in [3.63, 3.8) is 0 Å². The van der Waals surface area contributed by atoms with Crippen LogP contribution >= 0.6 is 11.6 Å². The molecule has 0 aromatic heterocycles. The summed E-state index contributed by atoms with van der Waals surface area (Å²) in [5, 5.41) is 0.721. The number of sulfonamides is 1. The molecule has 0 atom stereocenters. The minimum absolute atomic E-state index is 0.309. The second-order valence-electron chi connectivity index (χ2n) is 6.21. The predicted octanol–water partition coefficient (Wildman–Crippen LogP) is 3.25. The van der Waals surface area contributed by atoms with Crippen molar-refractivity contribution in [1.29, 1.82) is 0 Å². The zero-order valence-corrected chi connectivity index (χ0v) is 16.3. The summed E-state index contributed by atoms with van der Waals surface area (Å²) in [4.78, 5) is 2.56. The lowest BCUT2D eigenvalue weighted by molar-refractivity contribution is 0.181. The summed E-state index contributed by atoms with van der Waals surface area (Å²) in [7, 11) is -3.47. The molecule has 2 aromatic rings. The van der Waals surface area contributed by atoms with Crippen LogP contribution in [-0.4, -0.2) is 50.4 Å². The van der Waals surface area contributed by atoms with Crippen molar-refractivity contribution in [2.75, 3.05) is 32.8 Å². The monoisotopic (exact) mass is 394 g/mol. The quantitative estimate of drug-likeness (QED) is 0.754. The Hall–Kier alpha value is -1.60. The van der Waals surface area contributed by atoms with Crippen LogP contribution in [0.1, 0.15) is 12.5 Å². The summed E-state index contributed by atoms with van der Waals surface area (Å²) in [6.45, 7) is 5.59. The molecule has 1 aliphatic rings. The van der Waals surface area contributed by atoms with Gasteiger partial charge in [0.2, 0.25) is 10.0 Å². The molecule has 0 unspecified atom stereocenters. The van der Waals surface area contributed by atoms with E-state index in [0.29, 0.717) is 43.4 Å². The number of ether oxygens (including phenoxy) is 1. The van der Waals surface area contributed by atoms with E-state index < -0.39 is 10.0 Å². The first-order valence-corrected chi connectivity index (χ1v) is 10.5. The number of piperazine rings is 1. The van der Waals surface area contributed by atoms with E-state index in [4.69, 9.17) is 16.3 Å². The molecule has 0 amide bonds. The lowest BCUT2D eigenvalue weighted by Crippen LogP contribution is -2.48. The van der Waals surface area contributed by atoms with Crippen molar-refractivity contribution >= 4 is 21.6 Å². The van der Waals surface area contributed by atoms with E-state index in [1.165, 1.54) is 0 Å². The third-order valence-corrected chi connectivity index (χ3v) is 6.55. The molecule has 1 aliphatic heterocycles. The minimum Gasteiger partial charge on any atom is -0.494 e. The first-order chi connectivity index (χ1) is 12.5. The summed E-state index contributed by atoms with van der Waals surface area (Å²) < 4.78 is 32.6. The molecule has 0 radical (unpaired) electrons. The van der Waals surface area contributed by atoms with Gasteiger partial charge in [-0.2, -0.15) is 4.31 Å². The highest BCUT2D eigenvalue weighted by molar-refractivity contribution is 7.89. The van der Waals surface area contributed by atoms with Crippen molar-refractivity contribution in [2.45, 2.75) is 18.4 Å². The number of hydrogen-bond acceptors (Lipinski definition) is 4. The molecule has 1 saturated heterocycles. The Labute approximate surface area is 160 Å². The normalized spacial score (nSPS) is 16.5. The summed E-state index contributed by atoms with van der Waals surface area (Å²) >= 11 is 6.03. The van der Waals surface area contributed by atoms with Crippen LogP contribution in [0.2, 0.25) is 5.02 Å². The molecular formula is C19H23ClN2O3S. The topological polar surface area (TPSA) is 49.9 Å². The second-order valence-corrected chi connectivity index (χ2v) is 8.59. The largest absolute Gasteiger partial charge is 0.494 e. The molecule has 7 heteroatoms. The van der Waals surface area contributed by atoms with Gasteiger partial charge in [-0.3, -0.25) is 4.90 Å². The SMILES string of the molecule is CCOc1ccc(S(=O)(=O)N2CCN(Cc3cccc(Cl)c3)CC2)cc1. The van der Waals surface area contributed by atoms with Crippen molar-refractivity contribution in [2.24, 2.45) is 0 Å². The Morgan fingerprint density at radius 1 is 1.04 bits per heavy atom. The number of benzene rings is 2. The fraction of sp³-hybridized carbons (Fsp3) is 0.368. The van der Waals surface area contributed by atoms with Crippen molar-refractivity contribution in [3.05, 3.63) is 59.1 Å². The third kappa shape index (κ3) is 4.57. The molecule has 0 N–H and O–H groups in total. The van der Waals surface area contributed by atoms with Crippen molar-refractivity contribution < 1.29 is 13.2 Å². The van der Waals surface area contributed by atoms with Crippen LogP contribution in [0, 0.1) is 0 Å². The molecule has 0 saturated carbocycles. The fourth-order valence-corrected chi connectivity index (χ4v) is 4.68. The Morgan fingerprint density at radius 2 is 1.73 bits per heavy atom. The molecule has 0 bridgehead atoms. The lowest BCUT2D eigenvalue weighted by atomic mass is 10.2. The standard InChI is InChI=1S/C19H23ClN2O3S/c1-2-25-18-6-8-19(9-7-18)26(23,24)22-12-10-21(11-13-22)15-16-4-3-5-17(20)14-16/h3-9,14H,2,10-13,15H2,1H3. The third-order valence-electron chi connectivity index (χ3n) is 4.40. The van der Waals surface area contributed by atoms with Gasteiger partial charge >= 0.3 is 0 Å². The molecule has 5 nitrogen and oxygen atoms in total. The van der Waals surface area contributed by atoms with Gasteiger partial charge < -0.3 is 4.74 Å². The first-order valence-electron chi connectivity index (χ1n) is 8.69. The van der Waals surface area contributed by atoms with Gasteiger partial charge in [0.1, 0.15) is 5.75 Å². The van der Waals surface area contributed by atoms with Gasteiger partial charge in [-0.1, -0.05) is 23.7 Å². The van der Waals surface area contributed by atoms with Gasteiger partial charge in [0.15, 0.2) is 0 Å². The maximum Gasteiger partial charge on any atom is 0.243 e. The maximum atomic E-state index is 12.8. The van der Waals surface area contributed by atoms with E-state index in [0.717, 1.165) is 17.1 Å². The Balaban J connectivity index is 1.61. The van der Waals surface area contributed by atoms with Gasteiger partial charge in [0.25, 0.3) is 0 Å². The molecular weight excluding hydrogens is 372 g/mol. The second kappa shape index (κ2) is 8.39. The summed E-state index contributed by atoms with van der Waals surface area (Å²) in [5.41, 5.74) is 1.14. The number of halogens is 1. The van der Waals surface area contributed by atoms with Crippen LogP contribution in [0.3, 0.4) is 0 Å². The zero-order valence-electron chi connectivity index (χ0n) is 14.8.